The summed E-state index contributed by atoms with van der Waals surface area (Å²) >= 11 is 1.40. The number of ether oxygens (including phenoxy) is 1. The summed E-state index contributed by atoms with van der Waals surface area (Å²) in [5.41, 5.74) is 1.15. The van der Waals surface area contributed by atoms with E-state index in [-0.39, 0.29) is 17.3 Å². The molecule has 2 N–H and O–H groups in total. The van der Waals surface area contributed by atoms with Crippen LogP contribution in [0.1, 0.15) is 10.6 Å². The molecule has 0 aliphatic heterocycles. The molecule has 10 heteroatoms. The van der Waals surface area contributed by atoms with Crippen molar-refractivity contribution in [1.82, 2.24) is 15.0 Å². The minimum absolute atomic E-state index is 0.0574. The van der Waals surface area contributed by atoms with Crippen molar-refractivity contribution in [3.63, 3.8) is 0 Å². The molecule has 134 valence electrons. The van der Waals surface area contributed by atoms with Crippen molar-refractivity contribution in [1.29, 1.82) is 0 Å². The second kappa shape index (κ2) is 7.31. The molecule has 0 aliphatic rings. The molecule has 9 nitrogen and oxygen atoms in total. The van der Waals surface area contributed by atoms with Gasteiger partial charge < -0.3 is 15.4 Å². The molecule has 0 saturated carbocycles. The van der Waals surface area contributed by atoms with Gasteiger partial charge in [0.25, 0.3) is 0 Å². The highest BCUT2D eigenvalue weighted by atomic mass is 32.1. The van der Waals surface area contributed by atoms with Crippen LogP contribution >= 0.6 is 11.3 Å². The first kappa shape index (κ1) is 17.5. The van der Waals surface area contributed by atoms with Crippen molar-refractivity contribution in [3.8, 4) is 5.75 Å². The number of aromatic nitrogens is 3. The highest BCUT2D eigenvalue weighted by Gasteiger charge is 2.24. The number of para-hydroxylation sites is 2. The van der Waals surface area contributed by atoms with Gasteiger partial charge in [-0.25, -0.2) is 15.0 Å². The molecule has 3 aromatic rings. The average Bonchev–Trinajstić information content (AvgIpc) is 2.92. The number of nitrogens with zero attached hydrogens (tertiary/aromatic N) is 4. The maximum absolute atomic E-state index is 11.6. The topological polar surface area (TPSA) is 115 Å². The Morgan fingerprint density at radius 2 is 1.85 bits per heavy atom. The van der Waals surface area contributed by atoms with Crippen LogP contribution in [0.4, 0.5) is 28.1 Å². The summed E-state index contributed by atoms with van der Waals surface area (Å²) in [6.07, 6.45) is 1.25. The Hall–Kier alpha value is -3.27. The first-order valence-electron chi connectivity index (χ1n) is 7.60. The van der Waals surface area contributed by atoms with Crippen LogP contribution in [0, 0.1) is 24.0 Å². The lowest BCUT2D eigenvalue weighted by Gasteiger charge is -2.11. The van der Waals surface area contributed by atoms with Gasteiger partial charge in [-0.1, -0.05) is 12.1 Å². The van der Waals surface area contributed by atoms with Gasteiger partial charge >= 0.3 is 5.69 Å². The molecule has 2 aromatic heterocycles. The third kappa shape index (κ3) is 3.54. The predicted molar refractivity (Wildman–Crippen MR) is 99.8 cm³/mol. The van der Waals surface area contributed by atoms with E-state index in [9.17, 15) is 10.1 Å². The summed E-state index contributed by atoms with van der Waals surface area (Å²) in [7, 11) is 1.52. The maximum atomic E-state index is 11.6. The van der Waals surface area contributed by atoms with E-state index in [4.69, 9.17) is 4.74 Å². The largest absolute Gasteiger partial charge is 0.495 e. The fourth-order valence-corrected chi connectivity index (χ4v) is 3.05. The fourth-order valence-electron chi connectivity index (χ4n) is 2.24. The number of benzene rings is 1. The lowest BCUT2D eigenvalue weighted by Crippen LogP contribution is -2.06. The molecule has 0 amide bonds. The quantitative estimate of drug-likeness (QED) is 0.493. The van der Waals surface area contributed by atoms with E-state index in [0.717, 1.165) is 10.6 Å². The van der Waals surface area contributed by atoms with E-state index in [1.165, 1.54) is 24.8 Å². The summed E-state index contributed by atoms with van der Waals surface area (Å²) in [5.74, 6) is 0.666. The molecule has 0 saturated heterocycles. The molecular formula is C16H16N6O3S. The Morgan fingerprint density at radius 3 is 2.46 bits per heavy atom. The first-order valence-corrected chi connectivity index (χ1v) is 8.41. The minimum atomic E-state index is -0.534. The van der Waals surface area contributed by atoms with Crippen LogP contribution in [-0.2, 0) is 0 Å². The molecule has 0 unspecified atom stereocenters. The third-order valence-electron chi connectivity index (χ3n) is 3.62. The number of rotatable bonds is 6. The van der Waals surface area contributed by atoms with Gasteiger partial charge in [0.05, 0.1) is 23.4 Å². The number of nitro groups is 1. The van der Waals surface area contributed by atoms with Gasteiger partial charge in [0.1, 0.15) is 12.1 Å². The SMILES string of the molecule is COc1ccccc1Nc1ncnc(Nc2nc(C)c(C)s2)c1[N+](=O)[O-]. The zero-order valence-corrected chi connectivity index (χ0v) is 15.1. The fraction of sp³-hybridized carbons (Fsp3) is 0.188. The van der Waals surface area contributed by atoms with Gasteiger partial charge in [0.15, 0.2) is 5.13 Å². The van der Waals surface area contributed by atoms with Crippen molar-refractivity contribution in [2.75, 3.05) is 17.7 Å². The number of hydrogen-bond donors (Lipinski definition) is 2. The molecule has 0 bridgehead atoms. The predicted octanol–water partition coefficient (Wildman–Crippen LogP) is 3.95. The van der Waals surface area contributed by atoms with E-state index in [2.05, 4.69) is 25.6 Å². The van der Waals surface area contributed by atoms with E-state index in [1.807, 2.05) is 13.8 Å². The van der Waals surface area contributed by atoms with Crippen LogP contribution in [0.3, 0.4) is 0 Å². The van der Waals surface area contributed by atoms with Gasteiger partial charge in [-0.05, 0) is 26.0 Å². The molecule has 1 aromatic carbocycles. The van der Waals surface area contributed by atoms with Crippen molar-refractivity contribution in [2.24, 2.45) is 0 Å². The second-order valence-corrected chi connectivity index (χ2v) is 6.49. The molecule has 0 fully saturated rings. The maximum Gasteiger partial charge on any atom is 0.353 e. The van der Waals surface area contributed by atoms with Crippen LogP contribution in [-0.4, -0.2) is 27.0 Å². The van der Waals surface area contributed by atoms with E-state index in [1.54, 1.807) is 24.3 Å². The Balaban J connectivity index is 1.99. The van der Waals surface area contributed by atoms with Crippen molar-refractivity contribution in [2.45, 2.75) is 13.8 Å². The summed E-state index contributed by atoms with van der Waals surface area (Å²) in [4.78, 5) is 24.5. The van der Waals surface area contributed by atoms with Gasteiger partial charge in [-0.2, -0.15) is 0 Å². The number of nitrogens with one attached hydrogen (secondary N) is 2. The number of methoxy groups -OCH3 is 1. The monoisotopic (exact) mass is 372 g/mol. The van der Waals surface area contributed by atoms with Crippen LogP contribution in [0.2, 0.25) is 0 Å². The molecule has 3 rings (SSSR count). The average molecular weight is 372 g/mol. The van der Waals surface area contributed by atoms with Crippen LogP contribution in [0.15, 0.2) is 30.6 Å². The normalized spacial score (nSPS) is 10.4. The molecule has 0 aliphatic carbocycles. The number of anilines is 4. The van der Waals surface area contributed by atoms with Gasteiger partial charge in [0.2, 0.25) is 11.6 Å². The highest BCUT2D eigenvalue weighted by Crippen LogP contribution is 2.36. The summed E-state index contributed by atoms with van der Waals surface area (Å²) in [6.45, 7) is 3.81. The first-order chi connectivity index (χ1) is 12.5. The second-order valence-electron chi connectivity index (χ2n) is 5.29. The third-order valence-corrected chi connectivity index (χ3v) is 4.61. The zero-order valence-electron chi connectivity index (χ0n) is 14.3. The Bertz CT molecular complexity index is 939. The Kier molecular flexibility index (Phi) is 4.94. The summed E-state index contributed by atoms with van der Waals surface area (Å²) in [5, 5.41) is 18.0. The molecular weight excluding hydrogens is 356 g/mol. The van der Waals surface area contributed by atoms with Crippen LogP contribution in [0.25, 0.3) is 0 Å². The molecule has 26 heavy (non-hydrogen) atoms. The van der Waals surface area contributed by atoms with Gasteiger partial charge in [0, 0.05) is 4.88 Å². The van der Waals surface area contributed by atoms with Crippen LogP contribution < -0.4 is 15.4 Å². The minimum Gasteiger partial charge on any atom is -0.495 e. The van der Waals surface area contributed by atoms with Crippen molar-refractivity contribution < 1.29 is 9.66 Å². The molecule has 2 heterocycles. The van der Waals surface area contributed by atoms with Gasteiger partial charge in [-0.3, -0.25) is 10.1 Å². The van der Waals surface area contributed by atoms with Gasteiger partial charge in [-0.15, -0.1) is 11.3 Å². The Morgan fingerprint density at radius 1 is 1.15 bits per heavy atom. The van der Waals surface area contributed by atoms with Crippen LogP contribution in [0.5, 0.6) is 5.75 Å². The van der Waals surface area contributed by atoms with E-state index < -0.39 is 4.92 Å². The summed E-state index contributed by atoms with van der Waals surface area (Å²) in [6, 6.07) is 7.08. The molecule has 0 radical (unpaired) electrons. The smallest absolute Gasteiger partial charge is 0.353 e. The standard InChI is InChI=1S/C16H16N6O3S/c1-9-10(2)26-16(19-9)21-15-13(22(23)24)14(17-8-18-15)20-11-6-4-5-7-12(11)25-3/h4-8H,1-3H3,(H2,17,18,19,20,21). The lowest BCUT2D eigenvalue weighted by atomic mass is 10.3. The van der Waals surface area contributed by atoms with E-state index >= 15 is 0 Å². The highest BCUT2D eigenvalue weighted by molar-refractivity contribution is 7.15. The number of hydrogen-bond acceptors (Lipinski definition) is 9. The number of thiazole rings is 1. The van der Waals surface area contributed by atoms with Crippen molar-refractivity contribution >= 4 is 39.5 Å². The summed E-state index contributed by atoms with van der Waals surface area (Å²) < 4.78 is 5.26. The Labute approximate surface area is 153 Å². The number of aryl methyl sites for hydroxylation is 2. The zero-order chi connectivity index (χ0) is 18.7. The lowest BCUT2D eigenvalue weighted by molar-refractivity contribution is -0.383. The van der Waals surface area contributed by atoms with Crippen molar-refractivity contribution in [3.05, 3.63) is 51.3 Å². The van der Waals surface area contributed by atoms with E-state index in [0.29, 0.717) is 16.6 Å². The molecule has 0 spiro atoms. The molecule has 0 atom stereocenters.